The molecule has 1 aromatic rings. The molecule has 0 atom stereocenters. The van der Waals surface area contributed by atoms with Gasteiger partial charge in [0, 0.05) is 18.8 Å². The van der Waals surface area contributed by atoms with E-state index in [1.807, 2.05) is 11.0 Å². The van der Waals surface area contributed by atoms with Crippen molar-refractivity contribution in [1.82, 2.24) is 5.32 Å². The van der Waals surface area contributed by atoms with E-state index in [9.17, 15) is 4.79 Å². The van der Waals surface area contributed by atoms with Crippen LogP contribution in [0.2, 0.25) is 0 Å². The normalized spacial score (nSPS) is 14.8. The monoisotopic (exact) mass is 246 g/mol. The molecular formula is C15H22N2O. The Balaban J connectivity index is 2.09. The van der Waals surface area contributed by atoms with Crippen molar-refractivity contribution in [2.75, 3.05) is 18.0 Å². The van der Waals surface area contributed by atoms with E-state index in [-0.39, 0.29) is 6.03 Å². The summed E-state index contributed by atoms with van der Waals surface area (Å²) in [5.74, 6) is 0. The highest BCUT2D eigenvalue weighted by atomic mass is 16.2. The second-order valence-electron chi connectivity index (χ2n) is 4.82. The van der Waals surface area contributed by atoms with Crippen LogP contribution in [0.15, 0.2) is 24.3 Å². The van der Waals surface area contributed by atoms with Crippen LogP contribution in [-0.4, -0.2) is 19.1 Å². The van der Waals surface area contributed by atoms with Gasteiger partial charge in [0.05, 0.1) is 0 Å². The third-order valence-corrected chi connectivity index (χ3v) is 3.41. The molecule has 0 fully saturated rings. The summed E-state index contributed by atoms with van der Waals surface area (Å²) in [5, 5.41) is 3.01. The van der Waals surface area contributed by atoms with E-state index in [0.29, 0.717) is 0 Å². The van der Waals surface area contributed by atoms with E-state index in [1.54, 1.807) is 0 Å². The zero-order chi connectivity index (χ0) is 12.8. The topological polar surface area (TPSA) is 32.3 Å². The highest BCUT2D eigenvalue weighted by Crippen LogP contribution is 2.25. The lowest BCUT2D eigenvalue weighted by molar-refractivity contribution is 0.246. The van der Waals surface area contributed by atoms with Crippen molar-refractivity contribution >= 4 is 11.7 Å². The smallest absolute Gasteiger partial charge is 0.321 e. The summed E-state index contributed by atoms with van der Waals surface area (Å²) in [6.07, 6.45) is 5.47. The molecule has 0 radical (unpaired) electrons. The number of fused-ring (bicyclic) bond motifs is 1. The number of rotatable bonds is 3. The van der Waals surface area contributed by atoms with Crippen molar-refractivity contribution in [3.8, 4) is 0 Å². The number of anilines is 1. The molecule has 18 heavy (non-hydrogen) atoms. The third kappa shape index (κ3) is 3.03. The minimum absolute atomic E-state index is 0.0535. The number of unbranched alkanes of at least 4 members (excludes halogenated alkanes) is 1. The van der Waals surface area contributed by atoms with Crippen LogP contribution in [0.1, 0.15) is 38.2 Å². The highest BCUT2D eigenvalue weighted by Gasteiger charge is 2.19. The lowest BCUT2D eigenvalue weighted by Crippen LogP contribution is -2.41. The standard InChI is InChI=1S/C15H22N2O/c1-2-3-11-16-15(18)17-12-7-6-9-13-8-4-5-10-14(13)17/h4-5,8,10H,2-3,6-7,9,11-12H2,1H3,(H,16,18). The van der Waals surface area contributed by atoms with Crippen molar-refractivity contribution < 1.29 is 4.79 Å². The number of amides is 2. The molecule has 98 valence electrons. The fourth-order valence-electron chi connectivity index (χ4n) is 2.37. The van der Waals surface area contributed by atoms with Crippen LogP contribution in [0.3, 0.4) is 0 Å². The number of hydrogen-bond acceptors (Lipinski definition) is 1. The summed E-state index contributed by atoms with van der Waals surface area (Å²) < 4.78 is 0. The third-order valence-electron chi connectivity index (χ3n) is 3.41. The first-order valence-corrected chi connectivity index (χ1v) is 6.96. The molecular weight excluding hydrogens is 224 g/mol. The summed E-state index contributed by atoms with van der Waals surface area (Å²) >= 11 is 0. The van der Waals surface area contributed by atoms with Crippen molar-refractivity contribution in [3.05, 3.63) is 29.8 Å². The van der Waals surface area contributed by atoms with Crippen LogP contribution in [0.25, 0.3) is 0 Å². The Labute approximate surface area is 109 Å². The summed E-state index contributed by atoms with van der Waals surface area (Å²) in [6.45, 7) is 3.73. The van der Waals surface area contributed by atoms with Crippen molar-refractivity contribution in [3.63, 3.8) is 0 Å². The number of hydrogen-bond donors (Lipinski definition) is 1. The zero-order valence-corrected chi connectivity index (χ0v) is 11.1. The van der Waals surface area contributed by atoms with E-state index < -0.39 is 0 Å². The molecule has 2 amide bonds. The summed E-state index contributed by atoms with van der Waals surface area (Å²) in [7, 11) is 0. The molecule has 0 aromatic heterocycles. The second kappa shape index (κ2) is 6.43. The first-order chi connectivity index (χ1) is 8.83. The van der Waals surface area contributed by atoms with Gasteiger partial charge in [-0.3, -0.25) is 4.90 Å². The fraction of sp³-hybridized carbons (Fsp3) is 0.533. The van der Waals surface area contributed by atoms with Crippen LogP contribution < -0.4 is 10.2 Å². The van der Waals surface area contributed by atoms with Gasteiger partial charge in [-0.1, -0.05) is 31.5 Å². The van der Waals surface area contributed by atoms with Crippen molar-refractivity contribution in [2.24, 2.45) is 0 Å². The minimum Gasteiger partial charge on any atom is -0.338 e. The quantitative estimate of drug-likeness (QED) is 0.815. The first-order valence-electron chi connectivity index (χ1n) is 6.96. The number of nitrogens with zero attached hydrogens (tertiary/aromatic N) is 1. The van der Waals surface area contributed by atoms with E-state index in [1.165, 1.54) is 5.56 Å². The molecule has 0 aliphatic carbocycles. The second-order valence-corrected chi connectivity index (χ2v) is 4.82. The Morgan fingerprint density at radius 3 is 3.00 bits per heavy atom. The number of carbonyl (C=O) groups is 1. The van der Waals surface area contributed by atoms with Gasteiger partial charge in [0.25, 0.3) is 0 Å². The van der Waals surface area contributed by atoms with E-state index in [2.05, 4.69) is 30.4 Å². The van der Waals surface area contributed by atoms with E-state index in [4.69, 9.17) is 0 Å². The predicted octanol–water partition coefficient (Wildman–Crippen LogP) is 3.34. The molecule has 2 rings (SSSR count). The number of urea groups is 1. The summed E-state index contributed by atoms with van der Waals surface area (Å²) in [5.41, 5.74) is 2.38. The van der Waals surface area contributed by atoms with Gasteiger partial charge in [-0.25, -0.2) is 4.79 Å². The average Bonchev–Trinajstić information content (AvgIpc) is 2.61. The lowest BCUT2D eigenvalue weighted by Gasteiger charge is -2.23. The maximum atomic E-state index is 12.2. The number of carbonyl (C=O) groups excluding carboxylic acids is 1. The van der Waals surface area contributed by atoms with Gasteiger partial charge in [0.15, 0.2) is 0 Å². The Kier molecular flexibility index (Phi) is 4.62. The number of nitrogens with one attached hydrogen (secondary N) is 1. The Morgan fingerprint density at radius 1 is 1.33 bits per heavy atom. The average molecular weight is 246 g/mol. The van der Waals surface area contributed by atoms with Crippen LogP contribution >= 0.6 is 0 Å². The van der Waals surface area contributed by atoms with E-state index >= 15 is 0 Å². The molecule has 0 saturated heterocycles. The summed E-state index contributed by atoms with van der Waals surface area (Å²) in [6, 6.07) is 8.30. The van der Waals surface area contributed by atoms with Gasteiger partial charge in [-0.15, -0.1) is 0 Å². The fourth-order valence-corrected chi connectivity index (χ4v) is 2.37. The minimum atomic E-state index is 0.0535. The van der Waals surface area contributed by atoms with Gasteiger partial charge in [-0.05, 0) is 37.3 Å². The molecule has 0 bridgehead atoms. The van der Waals surface area contributed by atoms with Gasteiger partial charge in [-0.2, -0.15) is 0 Å². The van der Waals surface area contributed by atoms with Gasteiger partial charge in [0.2, 0.25) is 0 Å². The maximum absolute atomic E-state index is 12.2. The molecule has 1 aromatic carbocycles. The Morgan fingerprint density at radius 2 is 2.17 bits per heavy atom. The number of benzene rings is 1. The van der Waals surface area contributed by atoms with Crippen LogP contribution in [0.5, 0.6) is 0 Å². The molecule has 1 heterocycles. The Hall–Kier alpha value is -1.51. The number of aryl methyl sites for hydroxylation is 1. The van der Waals surface area contributed by atoms with Gasteiger partial charge < -0.3 is 5.32 Å². The Bertz CT molecular complexity index is 403. The zero-order valence-electron chi connectivity index (χ0n) is 11.1. The van der Waals surface area contributed by atoms with Crippen molar-refractivity contribution in [2.45, 2.75) is 39.0 Å². The van der Waals surface area contributed by atoms with Crippen LogP contribution in [-0.2, 0) is 6.42 Å². The largest absolute Gasteiger partial charge is 0.338 e. The van der Waals surface area contributed by atoms with Gasteiger partial charge in [0.1, 0.15) is 0 Å². The molecule has 1 aliphatic heterocycles. The lowest BCUT2D eigenvalue weighted by atomic mass is 10.1. The molecule has 0 saturated carbocycles. The number of para-hydroxylation sites is 1. The highest BCUT2D eigenvalue weighted by molar-refractivity contribution is 5.92. The van der Waals surface area contributed by atoms with Crippen LogP contribution in [0.4, 0.5) is 10.5 Å². The predicted molar refractivity (Wildman–Crippen MR) is 75.0 cm³/mol. The molecule has 0 spiro atoms. The molecule has 0 unspecified atom stereocenters. The molecule has 1 N–H and O–H groups in total. The summed E-state index contributed by atoms with van der Waals surface area (Å²) in [4.78, 5) is 14.1. The van der Waals surface area contributed by atoms with E-state index in [0.717, 1.165) is 50.9 Å². The first kappa shape index (κ1) is 12.9. The SMILES string of the molecule is CCCCNC(=O)N1CCCCc2ccccc21. The van der Waals surface area contributed by atoms with Crippen molar-refractivity contribution in [1.29, 1.82) is 0 Å². The van der Waals surface area contributed by atoms with Crippen LogP contribution in [0, 0.1) is 0 Å². The molecule has 3 nitrogen and oxygen atoms in total. The maximum Gasteiger partial charge on any atom is 0.321 e. The molecule has 1 aliphatic rings. The molecule has 3 heteroatoms. The van der Waals surface area contributed by atoms with Gasteiger partial charge >= 0.3 is 6.03 Å².